The third-order valence-electron chi connectivity index (χ3n) is 2.65. The fourth-order valence-corrected chi connectivity index (χ4v) is 1.56. The summed E-state index contributed by atoms with van der Waals surface area (Å²) in [7, 11) is 1.52. The fraction of sp³-hybridized carbons (Fsp3) is 0.125. The minimum Gasteiger partial charge on any atom is -0.497 e. The highest BCUT2D eigenvalue weighted by atomic mass is 19.4. The first-order valence-electron chi connectivity index (χ1n) is 6.82. The smallest absolute Gasteiger partial charge is 0.416 e. The SMILES string of the molecule is [2H]/C(=C(/[2H])c1ccc(C(F)(F)F)cc1)c1ccc(OC)cc1. The Morgan fingerprint density at radius 2 is 1.35 bits per heavy atom. The van der Waals surface area contributed by atoms with Crippen LogP contribution >= 0.6 is 0 Å². The molecule has 1 nitrogen and oxygen atoms in total. The number of benzene rings is 2. The summed E-state index contributed by atoms with van der Waals surface area (Å²) in [4.78, 5) is 0. The van der Waals surface area contributed by atoms with Crippen LogP contribution in [-0.4, -0.2) is 7.11 Å². The van der Waals surface area contributed by atoms with Crippen LogP contribution in [0.3, 0.4) is 0 Å². The highest BCUT2D eigenvalue weighted by Crippen LogP contribution is 2.29. The number of methoxy groups -OCH3 is 1. The minimum atomic E-state index is -4.41. The van der Waals surface area contributed by atoms with Gasteiger partial charge in [-0.05, 0) is 35.4 Å². The molecule has 0 aliphatic carbocycles. The minimum absolute atomic E-state index is 0.0672. The van der Waals surface area contributed by atoms with Gasteiger partial charge in [-0.2, -0.15) is 13.2 Å². The predicted molar refractivity (Wildman–Crippen MR) is 73.4 cm³/mol. The Hall–Kier alpha value is -2.23. The van der Waals surface area contributed by atoms with Crippen molar-refractivity contribution in [1.29, 1.82) is 0 Å². The molecule has 4 heteroatoms. The number of halogens is 3. The van der Waals surface area contributed by atoms with Gasteiger partial charge in [0, 0.05) is 0 Å². The Morgan fingerprint density at radius 1 is 0.900 bits per heavy atom. The molecule has 0 spiro atoms. The molecular weight excluding hydrogens is 265 g/mol. The molecule has 0 saturated carbocycles. The first kappa shape index (κ1) is 11.6. The zero-order chi connectivity index (χ0) is 16.3. The van der Waals surface area contributed by atoms with Gasteiger partial charge < -0.3 is 4.74 Å². The van der Waals surface area contributed by atoms with E-state index in [1.807, 2.05) is 0 Å². The van der Waals surface area contributed by atoms with E-state index in [2.05, 4.69) is 0 Å². The lowest BCUT2D eigenvalue weighted by Gasteiger charge is -2.05. The number of hydrogen-bond acceptors (Lipinski definition) is 1. The fourth-order valence-electron chi connectivity index (χ4n) is 1.56. The third kappa shape index (κ3) is 3.63. The van der Waals surface area contributed by atoms with Crippen molar-refractivity contribution in [1.82, 2.24) is 0 Å². The summed E-state index contributed by atoms with van der Waals surface area (Å²) in [6.07, 6.45) is -4.41. The number of alkyl halides is 3. The van der Waals surface area contributed by atoms with E-state index >= 15 is 0 Å². The van der Waals surface area contributed by atoms with Gasteiger partial charge in [-0.15, -0.1) is 0 Å². The van der Waals surface area contributed by atoms with E-state index in [1.54, 1.807) is 24.3 Å². The molecule has 0 unspecified atom stereocenters. The van der Waals surface area contributed by atoms with Gasteiger partial charge in [-0.1, -0.05) is 36.4 Å². The molecule has 20 heavy (non-hydrogen) atoms. The summed E-state index contributed by atoms with van der Waals surface area (Å²) in [5.74, 6) is 0.623. The molecule has 0 aliphatic heterocycles. The summed E-state index contributed by atoms with van der Waals surface area (Å²) < 4.78 is 58.5. The molecule has 104 valence electrons. The average molecular weight is 280 g/mol. The van der Waals surface area contributed by atoms with Crippen LogP contribution in [0.15, 0.2) is 48.5 Å². The second kappa shape index (κ2) is 5.82. The molecule has 0 atom stereocenters. The molecule has 0 N–H and O–H groups in total. The van der Waals surface area contributed by atoms with E-state index in [1.165, 1.54) is 19.2 Å². The van der Waals surface area contributed by atoms with E-state index in [9.17, 15) is 13.2 Å². The van der Waals surface area contributed by atoms with Gasteiger partial charge in [-0.3, -0.25) is 0 Å². The van der Waals surface area contributed by atoms with Crippen LogP contribution in [0.2, 0.25) is 0 Å². The van der Waals surface area contributed by atoms with Crippen LogP contribution in [-0.2, 0) is 6.18 Å². The second-order valence-electron chi connectivity index (χ2n) is 4.05. The molecule has 0 fully saturated rings. The number of hydrogen-bond donors (Lipinski definition) is 0. The highest BCUT2D eigenvalue weighted by molar-refractivity contribution is 5.69. The molecule has 0 heterocycles. The van der Waals surface area contributed by atoms with Crippen LogP contribution in [0.1, 0.15) is 19.4 Å². The third-order valence-corrected chi connectivity index (χ3v) is 2.65. The van der Waals surface area contributed by atoms with E-state index in [0.29, 0.717) is 11.3 Å². The summed E-state index contributed by atoms with van der Waals surface area (Å²) in [5.41, 5.74) is -0.0282. The normalized spacial score (nSPS) is 14.2. The zero-order valence-corrected chi connectivity index (χ0v) is 10.7. The van der Waals surface area contributed by atoms with Crippen LogP contribution < -0.4 is 4.74 Å². The van der Waals surface area contributed by atoms with Crippen LogP contribution in [0.25, 0.3) is 12.1 Å². The second-order valence-corrected chi connectivity index (χ2v) is 4.05. The largest absolute Gasteiger partial charge is 0.497 e. The zero-order valence-electron chi connectivity index (χ0n) is 12.7. The topological polar surface area (TPSA) is 9.23 Å². The molecule has 2 aromatic carbocycles. The molecule has 0 aromatic heterocycles. The Labute approximate surface area is 118 Å². The van der Waals surface area contributed by atoms with Gasteiger partial charge in [-0.25, -0.2) is 0 Å². The maximum atomic E-state index is 12.5. The molecule has 0 saturated heterocycles. The van der Waals surface area contributed by atoms with Crippen molar-refractivity contribution in [3.63, 3.8) is 0 Å². The maximum absolute atomic E-state index is 12.5. The summed E-state index contributed by atoms with van der Waals surface area (Å²) in [6.45, 7) is 0. The van der Waals surface area contributed by atoms with Crippen LogP contribution in [0.5, 0.6) is 5.75 Å². The first-order chi connectivity index (χ1) is 10.3. The summed E-state index contributed by atoms with van der Waals surface area (Å²) in [5, 5.41) is 0. The Kier molecular flexibility index (Phi) is 3.37. The lowest BCUT2D eigenvalue weighted by Crippen LogP contribution is -2.03. The van der Waals surface area contributed by atoms with E-state index in [4.69, 9.17) is 7.48 Å². The van der Waals surface area contributed by atoms with Gasteiger partial charge in [0.25, 0.3) is 0 Å². The van der Waals surface area contributed by atoms with Crippen molar-refractivity contribution < 1.29 is 20.6 Å². The van der Waals surface area contributed by atoms with Crippen LogP contribution in [0, 0.1) is 0 Å². The lowest BCUT2D eigenvalue weighted by atomic mass is 10.1. The molecule has 0 bridgehead atoms. The van der Waals surface area contributed by atoms with Gasteiger partial charge >= 0.3 is 6.18 Å². The van der Waals surface area contributed by atoms with Crippen LogP contribution in [0.4, 0.5) is 13.2 Å². The first-order valence-corrected chi connectivity index (χ1v) is 5.82. The summed E-state index contributed by atoms with van der Waals surface area (Å²) in [6, 6.07) is 10.6. The average Bonchev–Trinajstić information content (AvgIpc) is 2.53. The number of rotatable bonds is 3. The Balaban J connectivity index is 2.33. The van der Waals surface area contributed by atoms with E-state index in [-0.39, 0.29) is 17.7 Å². The molecule has 2 aromatic rings. The molecule has 0 radical (unpaired) electrons. The Bertz CT molecular complexity index is 674. The van der Waals surface area contributed by atoms with Crippen molar-refractivity contribution in [3.8, 4) is 5.75 Å². The van der Waals surface area contributed by atoms with Crippen molar-refractivity contribution in [2.45, 2.75) is 6.18 Å². The standard InChI is InChI=1S/C16H13F3O/c1-20-15-10-6-13(7-11-15)3-2-12-4-8-14(9-5-12)16(17,18)19/h2-11H,1H3/b3-2+/i2D,3D. The van der Waals surface area contributed by atoms with Gasteiger partial charge in [0.2, 0.25) is 0 Å². The van der Waals surface area contributed by atoms with Crippen molar-refractivity contribution in [3.05, 3.63) is 65.2 Å². The lowest BCUT2D eigenvalue weighted by molar-refractivity contribution is -0.137. The van der Waals surface area contributed by atoms with Crippen molar-refractivity contribution in [2.75, 3.05) is 7.11 Å². The van der Waals surface area contributed by atoms with Gasteiger partial charge in [0.1, 0.15) is 5.75 Å². The van der Waals surface area contributed by atoms with Gasteiger partial charge in [0.15, 0.2) is 0 Å². The summed E-state index contributed by atoms with van der Waals surface area (Å²) >= 11 is 0. The van der Waals surface area contributed by atoms with Gasteiger partial charge in [0.05, 0.1) is 15.4 Å². The van der Waals surface area contributed by atoms with Crippen molar-refractivity contribution in [2.24, 2.45) is 0 Å². The quantitative estimate of drug-likeness (QED) is 0.728. The van der Waals surface area contributed by atoms with Crippen molar-refractivity contribution >= 4 is 12.1 Å². The predicted octanol–water partition coefficient (Wildman–Crippen LogP) is 4.88. The number of ether oxygens (including phenoxy) is 1. The molecule has 0 amide bonds. The monoisotopic (exact) mass is 280 g/mol. The molecule has 2 rings (SSSR count). The van der Waals surface area contributed by atoms with E-state index in [0.717, 1.165) is 12.1 Å². The highest BCUT2D eigenvalue weighted by Gasteiger charge is 2.29. The Morgan fingerprint density at radius 3 is 1.75 bits per heavy atom. The molecule has 0 aliphatic rings. The maximum Gasteiger partial charge on any atom is 0.416 e. The van der Waals surface area contributed by atoms with E-state index < -0.39 is 11.7 Å². The molecular formula is C16H13F3O.